The second kappa shape index (κ2) is 10.5. The molecule has 0 spiro atoms. The highest BCUT2D eigenvalue weighted by atomic mass is 35.5. The first-order chi connectivity index (χ1) is 19.7. The summed E-state index contributed by atoms with van der Waals surface area (Å²) in [6, 6.07) is 10.2. The number of aryl methyl sites for hydroxylation is 3. The fraction of sp³-hybridized carbons (Fsp3) is 0.333. The maximum atomic E-state index is 13.1. The van der Waals surface area contributed by atoms with Gasteiger partial charge in [0.1, 0.15) is 11.3 Å². The molecule has 11 heteroatoms. The number of aromatic nitrogens is 6. The van der Waals surface area contributed by atoms with Gasteiger partial charge in [-0.1, -0.05) is 50.1 Å². The molecule has 3 aromatic heterocycles. The molecule has 0 unspecified atom stereocenters. The van der Waals surface area contributed by atoms with Crippen LogP contribution < -0.4 is 4.90 Å². The molecule has 2 aromatic carbocycles. The van der Waals surface area contributed by atoms with Crippen LogP contribution in [0.2, 0.25) is 5.02 Å². The van der Waals surface area contributed by atoms with Crippen LogP contribution in [-0.2, 0) is 32.0 Å². The van der Waals surface area contributed by atoms with Gasteiger partial charge in [0.05, 0.1) is 33.2 Å². The number of rotatable bonds is 6. The SMILES string of the molecule is CCCc1cccc(CC)c1-n1nc2c(c1-c1ccc(Cl)c3nc(C)[nH]c13)CN(c1ncc(C(F)(F)F)cn1)CC2. The van der Waals surface area contributed by atoms with Gasteiger partial charge in [-0.2, -0.15) is 18.3 Å². The minimum atomic E-state index is -4.49. The normalized spacial score (nSPS) is 13.7. The summed E-state index contributed by atoms with van der Waals surface area (Å²) in [5, 5.41) is 5.74. The van der Waals surface area contributed by atoms with Crippen molar-refractivity contribution in [1.29, 1.82) is 0 Å². The van der Waals surface area contributed by atoms with Gasteiger partial charge in [0, 0.05) is 43.0 Å². The van der Waals surface area contributed by atoms with Gasteiger partial charge in [-0.15, -0.1) is 0 Å². The first-order valence-electron chi connectivity index (χ1n) is 13.7. The molecule has 0 saturated heterocycles. The van der Waals surface area contributed by atoms with E-state index in [9.17, 15) is 13.2 Å². The van der Waals surface area contributed by atoms with Crippen molar-refractivity contribution in [3.63, 3.8) is 0 Å². The number of imidazole rings is 1. The number of H-pyrrole nitrogens is 1. The molecular weight excluding hydrogens is 551 g/mol. The van der Waals surface area contributed by atoms with E-state index in [4.69, 9.17) is 16.7 Å². The Balaban J connectivity index is 1.56. The quantitative estimate of drug-likeness (QED) is 0.229. The third-order valence-electron chi connectivity index (χ3n) is 7.57. The van der Waals surface area contributed by atoms with Crippen molar-refractivity contribution in [3.8, 4) is 16.9 Å². The van der Waals surface area contributed by atoms with E-state index in [-0.39, 0.29) is 5.95 Å². The van der Waals surface area contributed by atoms with Crippen LogP contribution in [0, 0.1) is 6.92 Å². The number of hydrogen-bond acceptors (Lipinski definition) is 5. The molecule has 1 aliphatic rings. The molecular formula is C30H29ClF3N7. The van der Waals surface area contributed by atoms with Gasteiger partial charge in [0.25, 0.3) is 0 Å². The molecule has 5 aromatic rings. The van der Waals surface area contributed by atoms with Gasteiger partial charge < -0.3 is 9.88 Å². The molecule has 7 nitrogen and oxygen atoms in total. The van der Waals surface area contributed by atoms with Crippen molar-refractivity contribution in [2.24, 2.45) is 0 Å². The number of halogens is 4. The van der Waals surface area contributed by atoms with E-state index in [1.54, 1.807) is 0 Å². The summed E-state index contributed by atoms with van der Waals surface area (Å²) in [5.41, 5.74) is 7.81. The number of nitrogens with zero attached hydrogens (tertiary/aromatic N) is 6. The van der Waals surface area contributed by atoms with Gasteiger partial charge in [0.2, 0.25) is 5.95 Å². The van der Waals surface area contributed by atoms with Crippen LogP contribution in [0.1, 0.15) is 54.0 Å². The van der Waals surface area contributed by atoms with E-state index in [2.05, 4.69) is 56.7 Å². The zero-order valence-corrected chi connectivity index (χ0v) is 23.7. The Morgan fingerprint density at radius 1 is 1.05 bits per heavy atom. The first-order valence-corrected chi connectivity index (χ1v) is 14.1. The summed E-state index contributed by atoms with van der Waals surface area (Å²) >= 11 is 6.56. The lowest BCUT2D eigenvalue weighted by molar-refractivity contribution is -0.138. The summed E-state index contributed by atoms with van der Waals surface area (Å²) in [5.74, 6) is 0.997. The van der Waals surface area contributed by atoms with Gasteiger partial charge in [-0.3, -0.25) is 0 Å². The molecule has 0 amide bonds. The van der Waals surface area contributed by atoms with Crippen LogP contribution in [0.5, 0.6) is 0 Å². The van der Waals surface area contributed by atoms with E-state index in [1.165, 1.54) is 11.1 Å². The van der Waals surface area contributed by atoms with Gasteiger partial charge in [0.15, 0.2) is 0 Å². The molecule has 4 heterocycles. The lowest BCUT2D eigenvalue weighted by Crippen LogP contribution is -2.31. The Morgan fingerprint density at radius 3 is 2.51 bits per heavy atom. The topological polar surface area (TPSA) is 75.5 Å². The minimum absolute atomic E-state index is 0.251. The van der Waals surface area contributed by atoms with Crippen molar-refractivity contribution < 1.29 is 13.2 Å². The fourth-order valence-corrected chi connectivity index (χ4v) is 5.86. The van der Waals surface area contributed by atoms with Crippen LogP contribution in [0.4, 0.5) is 19.1 Å². The molecule has 1 N–H and O–H groups in total. The average molecular weight is 580 g/mol. The standard InChI is InChI=1S/C30H29ClF3N7/c1-4-7-19-9-6-8-18(5-2)27(19)41-28(21-10-11-23(31)26-25(21)37-17(3)38-26)22-16-40(13-12-24(22)39-41)29-35-14-20(15-36-29)30(32,33)34/h6,8-11,14-15H,4-5,7,12-13,16H2,1-3H3,(H,37,38). The first kappa shape index (κ1) is 27.3. The molecule has 6 rings (SSSR count). The second-order valence-electron chi connectivity index (χ2n) is 10.3. The number of benzene rings is 2. The van der Waals surface area contributed by atoms with E-state index in [1.807, 2.05) is 24.0 Å². The maximum absolute atomic E-state index is 13.1. The number of alkyl halides is 3. The Labute approximate surface area is 240 Å². The highest BCUT2D eigenvalue weighted by Crippen LogP contribution is 2.40. The summed E-state index contributed by atoms with van der Waals surface area (Å²) in [7, 11) is 0. The molecule has 0 bridgehead atoms. The Morgan fingerprint density at radius 2 is 1.80 bits per heavy atom. The van der Waals surface area contributed by atoms with Gasteiger partial charge in [-0.25, -0.2) is 19.6 Å². The van der Waals surface area contributed by atoms with Crippen molar-refractivity contribution >= 4 is 28.6 Å². The Bertz CT molecular complexity index is 1740. The van der Waals surface area contributed by atoms with Crippen molar-refractivity contribution in [3.05, 3.63) is 81.5 Å². The predicted molar refractivity (Wildman–Crippen MR) is 154 cm³/mol. The number of nitrogens with one attached hydrogen (secondary N) is 1. The highest BCUT2D eigenvalue weighted by Gasteiger charge is 2.33. The molecule has 0 fully saturated rings. The predicted octanol–water partition coefficient (Wildman–Crippen LogP) is 7.26. The second-order valence-corrected chi connectivity index (χ2v) is 10.7. The lowest BCUT2D eigenvalue weighted by Gasteiger charge is -2.27. The van der Waals surface area contributed by atoms with E-state index >= 15 is 0 Å². The third-order valence-corrected chi connectivity index (χ3v) is 7.87. The van der Waals surface area contributed by atoms with Crippen LogP contribution >= 0.6 is 11.6 Å². The molecule has 0 atom stereocenters. The van der Waals surface area contributed by atoms with E-state index < -0.39 is 11.7 Å². The molecule has 1 aliphatic heterocycles. The zero-order valence-electron chi connectivity index (χ0n) is 23.0. The van der Waals surface area contributed by atoms with Crippen molar-refractivity contribution in [1.82, 2.24) is 29.7 Å². The minimum Gasteiger partial charge on any atom is -0.342 e. The van der Waals surface area contributed by atoms with Crippen molar-refractivity contribution in [2.45, 2.75) is 59.2 Å². The van der Waals surface area contributed by atoms with Crippen LogP contribution in [0.3, 0.4) is 0 Å². The van der Waals surface area contributed by atoms with E-state index in [0.29, 0.717) is 30.0 Å². The smallest absolute Gasteiger partial charge is 0.342 e. The molecule has 0 radical (unpaired) electrons. The number of para-hydroxylation sites is 1. The van der Waals surface area contributed by atoms with Crippen LogP contribution in [-0.4, -0.2) is 36.3 Å². The van der Waals surface area contributed by atoms with E-state index in [0.717, 1.165) is 71.2 Å². The molecule has 41 heavy (non-hydrogen) atoms. The summed E-state index contributed by atoms with van der Waals surface area (Å²) in [6.07, 6.45) is 0.502. The summed E-state index contributed by atoms with van der Waals surface area (Å²) < 4.78 is 41.5. The Hall–Kier alpha value is -3.92. The monoisotopic (exact) mass is 579 g/mol. The number of fused-ring (bicyclic) bond motifs is 2. The highest BCUT2D eigenvalue weighted by molar-refractivity contribution is 6.35. The summed E-state index contributed by atoms with van der Waals surface area (Å²) in [4.78, 5) is 18.1. The molecule has 0 aliphatic carbocycles. The van der Waals surface area contributed by atoms with Crippen LogP contribution in [0.15, 0.2) is 42.7 Å². The largest absolute Gasteiger partial charge is 0.419 e. The molecule has 212 valence electrons. The fourth-order valence-electron chi connectivity index (χ4n) is 5.66. The Kier molecular flexibility index (Phi) is 6.97. The number of hydrogen-bond donors (Lipinski definition) is 1. The maximum Gasteiger partial charge on any atom is 0.419 e. The number of aromatic amines is 1. The average Bonchev–Trinajstić information content (AvgIpc) is 3.53. The third kappa shape index (κ3) is 4.84. The molecule has 0 saturated carbocycles. The zero-order chi connectivity index (χ0) is 28.9. The van der Waals surface area contributed by atoms with Gasteiger partial charge in [-0.05, 0) is 43.0 Å². The lowest BCUT2D eigenvalue weighted by atomic mass is 9.98. The van der Waals surface area contributed by atoms with Crippen LogP contribution in [0.25, 0.3) is 28.0 Å². The number of anilines is 1. The van der Waals surface area contributed by atoms with Crippen molar-refractivity contribution in [2.75, 3.05) is 11.4 Å². The van der Waals surface area contributed by atoms with Gasteiger partial charge >= 0.3 is 6.18 Å². The summed E-state index contributed by atoms with van der Waals surface area (Å²) in [6.45, 7) is 7.12.